The minimum atomic E-state index is 0. The maximum Gasteiger partial charge on any atom is 0.307 e. The van der Waals surface area contributed by atoms with Gasteiger partial charge in [0.25, 0.3) is 0 Å². The first-order chi connectivity index (χ1) is 1.91. The molecule has 0 spiro atoms. The van der Waals surface area contributed by atoms with Gasteiger partial charge in [0.1, 0.15) is 0 Å². The summed E-state index contributed by atoms with van der Waals surface area (Å²) in [7, 11) is 0. The van der Waals surface area contributed by atoms with E-state index < -0.39 is 0 Å². The summed E-state index contributed by atoms with van der Waals surface area (Å²) in [6.07, 6.45) is 1.21. The van der Waals surface area contributed by atoms with E-state index in [0.29, 0.717) is 0 Å². The van der Waals surface area contributed by atoms with Crippen LogP contribution in [0, 0.1) is 11.5 Å². The Balaban J connectivity index is 0. The van der Waals surface area contributed by atoms with Gasteiger partial charge in [-0.1, -0.05) is 0 Å². The van der Waals surface area contributed by atoms with E-state index in [1.165, 1.54) is 6.26 Å². The second-order valence-corrected chi connectivity index (χ2v) is 0.209. The average molecular weight is 75.1 g/mol. The molecule has 0 saturated carbocycles. The Kier molecular flexibility index (Phi) is 19.0. The zero-order valence-electron chi connectivity index (χ0n) is 2.64. The highest BCUT2D eigenvalue weighted by Crippen LogP contribution is 1.31. The van der Waals surface area contributed by atoms with Crippen LogP contribution in [0.5, 0.6) is 0 Å². The maximum atomic E-state index is 7.28. The average Bonchev–Trinajstić information content (AvgIpc) is 1.37. The monoisotopic (exact) mass is 75.0 g/mol. The van der Waals surface area contributed by atoms with Crippen molar-refractivity contribution in [3.05, 3.63) is 0 Å². The molecule has 0 aliphatic carbocycles. The van der Waals surface area contributed by atoms with E-state index >= 15 is 0 Å². The second kappa shape index (κ2) is 10.7. The van der Waals surface area contributed by atoms with Crippen molar-refractivity contribution in [2.24, 2.45) is 5.90 Å². The third-order valence-corrected chi connectivity index (χ3v) is 0.0527. The van der Waals surface area contributed by atoms with Crippen molar-refractivity contribution in [2.45, 2.75) is 0 Å². The van der Waals surface area contributed by atoms with Crippen LogP contribution in [0.1, 0.15) is 0 Å². The van der Waals surface area contributed by atoms with E-state index in [1.54, 1.807) is 0 Å². The van der Waals surface area contributed by atoms with E-state index in [9.17, 15) is 0 Å². The van der Waals surface area contributed by atoms with E-state index in [0.717, 1.165) is 0 Å². The molecule has 0 aromatic carbocycles. The Morgan fingerprint density at radius 3 is 2.00 bits per heavy atom. The number of nitrogens with two attached hydrogens (primary N) is 1. The highest BCUT2D eigenvalue weighted by molar-refractivity contribution is 4.37. The lowest BCUT2D eigenvalue weighted by Gasteiger charge is -1.61. The van der Waals surface area contributed by atoms with Gasteiger partial charge in [0.05, 0.1) is 0 Å². The minimum Gasteiger partial charge on any atom is -0.344 e. The second-order valence-electron chi connectivity index (χ2n) is 0.209. The van der Waals surface area contributed by atoms with Gasteiger partial charge in [0.2, 0.25) is 0 Å². The van der Waals surface area contributed by atoms with Crippen molar-refractivity contribution in [1.82, 2.24) is 6.15 Å². The normalized spacial score (nSPS) is 3.20. The lowest BCUT2D eigenvalue weighted by molar-refractivity contribution is 0.284. The van der Waals surface area contributed by atoms with Gasteiger partial charge < -0.3 is 11.0 Å². The fourth-order valence-electron chi connectivity index (χ4n) is 0. The molecule has 0 aliphatic heterocycles. The van der Waals surface area contributed by atoms with Crippen LogP contribution in [0.3, 0.4) is 0 Å². The fraction of sp³-hybridized carbons (Fsp3) is 0. The van der Waals surface area contributed by atoms with Crippen LogP contribution in [0.15, 0.2) is 0 Å². The SMILES string of the molecule is N.N#CON. The Bertz CT molecular complexity index is 36.6. The number of rotatable bonds is 0. The van der Waals surface area contributed by atoms with Gasteiger partial charge in [-0.25, -0.2) is 0 Å². The van der Waals surface area contributed by atoms with Gasteiger partial charge in [-0.2, -0.15) is 5.90 Å². The van der Waals surface area contributed by atoms with Gasteiger partial charge in [-0.3, -0.25) is 0 Å². The lowest BCUT2D eigenvalue weighted by atomic mass is 11.6. The molecule has 30 valence electrons. The molecule has 5 N–H and O–H groups in total. The molecule has 0 amide bonds. The van der Waals surface area contributed by atoms with Crippen LogP contribution in [0.25, 0.3) is 0 Å². The number of nitrogens with zero attached hydrogens (tertiary/aromatic N) is 1. The number of hydrogen-bond donors (Lipinski definition) is 2. The molecule has 0 radical (unpaired) electrons. The Morgan fingerprint density at radius 2 is 2.00 bits per heavy atom. The Hall–Kier alpha value is -0.790. The smallest absolute Gasteiger partial charge is 0.307 e. The quantitative estimate of drug-likeness (QED) is 0.300. The van der Waals surface area contributed by atoms with Crippen LogP contribution in [0.2, 0.25) is 0 Å². The van der Waals surface area contributed by atoms with Crippen LogP contribution in [-0.2, 0) is 4.84 Å². The van der Waals surface area contributed by atoms with Crippen molar-refractivity contribution in [3.63, 3.8) is 0 Å². The van der Waals surface area contributed by atoms with Crippen LogP contribution in [0.4, 0.5) is 0 Å². The van der Waals surface area contributed by atoms with Crippen molar-refractivity contribution >= 4 is 0 Å². The molecule has 0 rings (SSSR count). The molecular formula is CH5N3O. The molecule has 0 bridgehead atoms. The zero-order chi connectivity index (χ0) is 3.41. The summed E-state index contributed by atoms with van der Waals surface area (Å²) in [5.74, 6) is 4.17. The first kappa shape index (κ1) is 8.88. The molecule has 0 saturated heterocycles. The Morgan fingerprint density at radius 1 is 1.80 bits per heavy atom. The van der Waals surface area contributed by atoms with Gasteiger partial charge in [-0.05, 0) is 0 Å². The summed E-state index contributed by atoms with van der Waals surface area (Å²) in [5.41, 5.74) is 0. The van der Waals surface area contributed by atoms with E-state index in [2.05, 4.69) is 10.7 Å². The first-order valence-corrected chi connectivity index (χ1v) is 0.663. The zero-order valence-corrected chi connectivity index (χ0v) is 2.64. The summed E-state index contributed by atoms with van der Waals surface area (Å²) < 4.78 is 0. The molecule has 0 aromatic heterocycles. The first-order valence-electron chi connectivity index (χ1n) is 0.663. The van der Waals surface area contributed by atoms with Crippen molar-refractivity contribution in [3.8, 4) is 6.26 Å². The summed E-state index contributed by atoms with van der Waals surface area (Å²) in [6.45, 7) is 0. The standard InChI is InChI=1S/CH2N2O.H3N/c2-1-4-3;/h3H2;1H3. The van der Waals surface area contributed by atoms with Crippen molar-refractivity contribution in [1.29, 1.82) is 5.26 Å². The molecule has 4 heteroatoms. The van der Waals surface area contributed by atoms with Crippen LogP contribution < -0.4 is 12.0 Å². The third-order valence-electron chi connectivity index (χ3n) is 0.0527. The van der Waals surface area contributed by atoms with E-state index in [-0.39, 0.29) is 6.15 Å². The summed E-state index contributed by atoms with van der Waals surface area (Å²) in [5, 5.41) is 7.28. The molecule has 0 fully saturated rings. The highest BCUT2D eigenvalue weighted by atomic mass is 16.6. The molecule has 0 unspecified atom stereocenters. The highest BCUT2D eigenvalue weighted by Gasteiger charge is 1.42. The fourth-order valence-corrected chi connectivity index (χ4v) is 0. The summed E-state index contributed by atoms with van der Waals surface area (Å²) in [6, 6.07) is 0. The minimum absolute atomic E-state index is 0. The lowest BCUT2D eigenvalue weighted by Crippen LogP contribution is -1.86. The molecule has 0 heterocycles. The van der Waals surface area contributed by atoms with Gasteiger partial charge in [-0.15, -0.1) is 5.26 Å². The van der Waals surface area contributed by atoms with E-state index in [4.69, 9.17) is 5.26 Å². The predicted molar refractivity (Wildman–Crippen MR) is 15.9 cm³/mol. The predicted octanol–water partition coefficient (Wildman–Crippen LogP) is -0.480. The van der Waals surface area contributed by atoms with Crippen molar-refractivity contribution in [2.75, 3.05) is 0 Å². The number of hydrogen-bond acceptors (Lipinski definition) is 4. The summed E-state index contributed by atoms with van der Waals surface area (Å²) in [4.78, 5) is 3.35. The third kappa shape index (κ3) is 107. The van der Waals surface area contributed by atoms with Gasteiger partial charge >= 0.3 is 6.26 Å². The largest absolute Gasteiger partial charge is 0.344 e. The molecular weight excluding hydrogens is 70.0 g/mol. The Labute approximate surface area is 29.7 Å². The maximum absolute atomic E-state index is 7.28. The van der Waals surface area contributed by atoms with Gasteiger partial charge in [0.15, 0.2) is 0 Å². The molecule has 0 aliphatic rings. The van der Waals surface area contributed by atoms with Crippen molar-refractivity contribution < 1.29 is 4.84 Å². The summed E-state index contributed by atoms with van der Waals surface area (Å²) >= 11 is 0. The van der Waals surface area contributed by atoms with Gasteiger partial charge in [0, 0.05) is 0 Å². The molecule has 0 aromatic rings. The topological polar surface area (TPSA) is 94.0 Å². The van der Waals surface area contributed by atoms with Crippen LogP contribution in [-0.4, -0.2) is 0 Å². The van der Waals surface area contributed by atoms with Crippen LogP contribution >= 0.6 is 0 Å². The molecule has 4 nitrogen and oxygen atoms in total. The molecule has 5 heavy (non-hydrogen) atoms. The number of nitriles is 1. The molecule has 0 atom stereocenters. The van der Waals surface area contributed by atoms with E-state index in [1.807, 2.05) is 0 Å².